The van der Waals surface area contributed by atoms with E-state index in [1.165, 1.54) is 5.56 Å². The fourth-order valence-electron chi connectivity index (χ4n) is 1.90. The molecule has 1 atom stereocenters. The number of nitrogens with zero attached hydrogens (tertiary/aromatic N) is 2. The molecular weight excluding hydrogens is 334 g/mol. The molecule has 25 heavy (non-hydrogen) atoms. The molecule has 0 fully saturated rings. The van der Waals surface area contributed by atoms with Crippen LogP contribution in [0.4, 0.5) is 0 Å². The molecule has 0 aliphatic heterocycles. The summed E-state index contributed by atoms with van der Waals surface area (Å²) >= 11 is 1.56. The van der Waals surface area contributed by atoms with Crippen molar-refractivity contribution < 1.29 is 9.53 Å². The van der Waals surface area contributed by atoms with Crippen LogP contribution in [-0.2, 0) is 10.5 Å². The number of hydrogen-bond acceptors (Lipinski definition) is 5. The van der Waals surface area contributed by atoms with Crippen molar-refractivity contribution in [1.82, 2.24) is 5.43 Å². The highest BCUT2D eigenvalue weighted by atomic mass is 32.2. The minimum atomic E-state index is -0.195. The predicted octanol–water partition coefficient (Wildman–Crippen LogP) is 3.36. The van der Waals surface area contributed by atoms with Crippen molar-refractivity contribution in [2.45, 2.75) is 17.9 Å². The lowest BCUT2D eigenvalue weighted by molar-refractivity contribution is -0.120. The molecule has 2 aromatic rings. The zero-order chi connectivity index (χ0) is 17.9. The third-order valence-corrected chi connectivity index (χ3v) is 4.50. The lowest BCUT2D eigenvalue weighted by atomic mass is 10.2. The Morgan fingerprint density at radius 1 is 1.28 bits per heavy atom. The summed E-state index contributed by atoms with van der Waals surface area (Å²) in [4.78, 5) is 12.0. The largest absolute Gasteiger partial charge is 0.479 e. The van der Waals surface area contributed by atoms with Crippen LogP contribution in [-0.4, -0.2) is 24.0 Å². The van der Waals surface area contributed by atoms with Gasteiger partial charge in [-0.2, -0.15) is 10.4 Å². The monoisotopic (exact) mass is 353 g/mol. The second-order valence-corrected chi connectivity index (χ2v) is 6.52. The Kier molecular flexibility index (Phi) is 7.54. The Balaban J connectivity index is 1.76. The van der Waals surface area contributed by atoms with Crippen LogP contribution >= 0.6 is 11.8 Å². The third-order valence-electron chi connectivity index (χ3n) is 3.28. The zero-order valence-corrected chi connectivity index (χ0v) is 14.7. The first-order valence-corrected chi connectivity index (χ1v) is 8.82. The number of thioether (sulfide) groups is 1. The summed E-state index contributed by atoms with van der Waals surface area (Å²) in [5, 5.41) is 12.2. The second-order valence-electron chi connectivity index (χ2n) is 5.19. The number of carbonyl (C=O) groups excluding carboxylic acids is 1. The van der Waals surface area contributed by atoms with E-state index in [1.807, 2.05) is 43.3 Å². The Labute approximate surface area is 151 Å². The van der Waals surface area contributed by atoms with Gasteiger partial charge in [-0.25, -0.2) is 5.43 Å². The summed E-state index contributed by atoms with van der Waals surface area (Å²) in [7, 11) is 0. The van der Waals surface area contributed by atoms with E-state index in [9.17, 15) is 4.79 Å². The Morgan fingerprint density at radius 3 is 2.68 bits per heavy atom. The van der Waals surface area contributed by atoms with E-state index >= 15 is 0 Å². The van der Waals surface area contributed by atoms with Gasteiger partial charge in [-0.05, 0) is 42.3 Å². The first-order valence-electron chi connectivity index (χ1n) is 7.77. The van der Waals surface area contributed by atoms with Crippen molar-refractivity contribution in [3.05, 3.63) is 65.7 Å². The highest BCUT2D eigenvalue weighted by molar-refractivity contribution is 7.99. The van der Waals surface area contributed by atoms with Gasteiger partial charge < -0.3 is 4.74 Å². The summed E-state index contributed by atoms with van der Waals surface area (Å²) in [5.74, 6) is 1.27. The summed E-state index contributed by atoms with van der Waals surface area (Å²) < 4.78 is 5.17. The highest BCUT2D eigenvalue weighted by Gasteiger charge is 2.12. The molecule has 2 rings (SSSR count). The van der Waals surface area contributed by atoms with Gasteiger partial charge in [0, 0.05) is 5.75 Å². The average molecular weight is 353 g/mol. The summed E-state index contributed by atoms with van der Waals surface area (Å²) in [6.45, 7) is 1.88. The van der Waals surface area contributed by atoms with Crippen molar-refractivity contribution in [2.75, 3.05) is 6.61 Å². The molecular formula is C19H19N3O2S. The molecule has 0 bridgehead atoms. The third kappa shape index (κ3) is 6.69. The van der Waals surface area contributed by atoms with E-state index in [1.54, 1.807) is 42.2 Å². The van der Waals surface area contributed by atoms with Crippen molar-refractivity contribution >= 4 is 23.9 Å². The van der Waals surface area contributed by atoms with Gasteiger partial charge in [-0.3, -0.25) is 4.79 Å². The number of rotatable bonds is 8. The Hall–Kier alpha value is -2.78. The second kappa shape index (κ2) is 10.2. The molecule has 0 unspecified atom stereocenters. The van der Waals surface area contributed by atoms with Gasteiger partial charge in [0.15, 0.2) is 6.61 Å². The van der Waals surface area contributed by atoms with Gasteiger partial charge in [-0.1, -0.05) is 30.3 Å². The van der Waals surface area contributed by atoms with Gasteiger partial charge in [0.25, 0.3) is 5.91 Å². The summed E-state index contributed by atoms with van der Waals surface area (Å²) in [6.07, 6.45) is 1.57. The smallest absolute Gasteiger partial charge is 0.252 e. The maximum absolute atomic E-state index is 12.0. The molecule has 0 radical (unpaired) electrons. The fraction of sp³-hybridized carbons (Fsp3) is 0.211. The molecule has 0 heterocycles. The molecule has 0 spiro atoms. The molecule has 0 aliphatic rings. The molecule has 128 valence electrons. The van der Waals surface area contributed by atoms with Crippen molar-refractivity contribution in [1.29, 1.82) is 5.26 Å². The van der Waals surface area contributed by atoms with Gasteiger partial charge >= 0.3 is 0 Å². The molecule has 1 amide bonds. The number of nitriles is 1. The normalized spacial score (nSPS) is 11.7. The van der Waals surface area contributed by atoms with Crippen molar-refractivity contribution in [2.24, 2.45) is 5.10 Å². The van der Waals surface area contributed by atoms with E-state index in [-0.39, 0.29) is 17.8 Å². The van der Waals surface area contributed by atoms with Crippen LogP contribution in [0.3, 0.4) is 0 Å². The first kappa shape index (κ1) is 18.6. The molecule has 5 nitrogen and oxygen atoms in total. The van der Waals surface area contributed by atoms with E-state index < -0.39 is 0 Å². The SMILES string of the molecule is C[C@@H](SCc1ccccc1)C(=O)NN=Cc1ccc(OCC#N)cc1. The topological polar surface area (TPSA) is 74.5 Å². The zero-order valence-electron chi connectivity index (χ0n) is 13.9. The quantitative estimate of drug-likeness (QED) is 0.583. The molecule has 1 N–H and O–H groups in total. The number of carbonyl (C=O) groups is 1. The molecule has 0 aliphatic carbocycles. The maximum Gasteiger partial charge on any atom is 0.252 e. The van der Waals surface area contributed by atoms with Crippen LogP contribution in [0.1, 0.15) is 18.1 Å². The predicted molar refractivity (Wildman–Crippen MR) is 100 cm³/mol. The van der Waals surface area contributed by atoms with E-state index in [0.29, 0.717) is 5.75 Å². The van der Waals surface area contributed by atoms with Crippen LogP contribution < -0.4 is 10.2 Å². The van der Waals surface area contributed by atoms with E-state index in [4.69, 9.17) is 10.00 Å². The van der Waals surface area contributed by atoms with Gasteiger partial charge in [0.05, 0.1) is 11.5 Å². The molecule has 0 saturated heterocycles. The fourth-order valence-corrected chi connectivity index (χ4v) is 2.74. The van der Waals surface area contributed by atoms with Crippen molar-refractivity contribution in [3.8, 4) is 11.8 Å². The maximum atomic E-state index is 12.0. The number of hydrogen-bond donors (Lipinski definition) is 1. The Morgan fingerprint density at radius 2 is 2.00 bits per heavy atom. The van der Waals surface area contributed by atoms with Crippen LogP contribution in [0, 0.1) is 11.3 Å². The van der Waals surface area contributed by atoms with E-state index in [0.717, 1.165) is 11.3 Å². The lowest BCUT2D eigenvalue weighted by Crippen LogP contribution is -2.26. The highest BCUT2D eigenvalue weighted by Crippen LogP contribution is 2.17. The van der Waals surface area contributed by atoms with E-state index in [2.05, 4.69) is 10.5 Å². The first-order chi connectivity index (χ1) is 12.2. The molecule has 0 saturated carbocycles. The van der Waals surface area contributed by atoms with Gasteiger partial charge in [0.2, 0.25) is 0 Å². The average Bonchev–Trinajstić information content (AvgIpc) is 2.66. The molecule has 6 heteroatoms. The summed E-state index contributed by atoms with van der Waals surface area (Å²) in [5.41, 5.74) is 4.57. The summed E-state index contributed by atoms with van der Waals surface area (Å²) in [6, 6.07) is 19.0. The number of ether oxygens (including phenoxy) is 1. The molecule has 2 aromatic carbocycles. The van der Waals surface area contributed by atoms with Gasteiger partial charge in [0.1, 0.15) is 11.8 Å². The number of hydrazone groups is 1. The standard InChI is InChI=1S/C19H19N3O2S/c1-15(25-14-17-5-3-2-4-6-17)19(23)22-21-13-16-7-9-18(10-8-16)24-12-11-20/h2-10,13,15H,12,14H2,1H3,(H,22,23)/t15-/m1/s1. The Bertz CT molecular complexity index is 740. The minimum Gasteiger partial charge on any atom is -0.479 e. The van der Waals surface area contributed by atoms with Crippen LogP contribution in [0.5, 0.6) is 5.75 Å². The number of amides is 1. The van der Waals surface area contributed by atoms with Gasteiger partial charge in [-0.15, -0.1) is 11.8 Å². The number of benzene rings is 2. The minimum absolute atomic E-state index is 0.0159. The lowest BCUT2D eigenvalue weighted by Gasteiger charge is -2.09. The van der Waals surface area contributed by atoms with Crippen LogP contribution in [0.15, 0.2) is 59.7 Å². The number of nitrogens with one attached hydrogen (secondary N) is 1. The van der Waals surface area contributed by atoms with Crippen molar-refractivity contribution in [3.63, 3.8) is 0 Å². The van der Waals surface area contributed by atoms with Crippen LogP contribution in [0.2, 0.25) is 0 Å². The molecule has 0 aromatic heterocycles. The van der Waals surface area contributed by atoms with Crippen LogP contribution in [0.25, 0.3) is 0 Å².